The van der Waals surface area contributed by atoms with E-state index in [-0.39, 0.29) is 36.2 Å². The number of allylic oxidation sites excluding steroid dienone is 4. The molecule has 0 saturated heterocycles. The summed E-state index contributed by atoms with van der Waals surface area (Å²) in [4.78, 5) is 33.8. The van der Waals surface area contributed by atoms with Gasteiger partial charge in [0.05, 0.1) is 12.5 Å². The van der Waals surface area contributed by atoms with Crippen LogP contribution in [0, 0.1) is 0 Å². The number of carbonyl (C=O) groups is 3. The number of rotatable bonds is 6. The molecule has 0 saturated carbocycles. The monoisotopic (exact) mass is 303 g/mol. The molecule has 0 amide bonds. The number of hydrogen-bond acceptors (Lipinski definition) is 5. The van der Waals surface area contributed by atoms with Crippen LogP contribution in [-0.4, -0.2) is 41.1 Å². The van der Waals surface area contributed by atoms with Gasteiger partial charge >= 0.3 is 0 Å². The fraction of sp³-hybridized carbons (Fsp3) is 0.471. The van der Waals surface area contributed by atoms with Crippen LogP contribution < -0.4 is 5.32 Å². The fourth-order valence-corrected chi connectivity index (χ4v) is 2.60. The van der Waals surface area contributed by atoms with Crippen LogP contribution in [0.4, 0.5) is 0 Å². The van der Waals surface area contributed by atoms with E-state index < -0.39 is 6.10 Å². The Morgan fingerprint density at radius 3 is 2.59 bits per heavy atom. The van der Waals surface area contributed by atoms with E-state index >= 15 is 0 Å². The molecule has 0 radical (unpaired) electrons. The largest absolute Gasteiger partial charge is 0.387 e. The van der Waals surface area contributed by atoms with Crippen molar-refractivity contribution in [2.45, 2.75) is 44.8 Å². The number of Topliss-reactive ketones (excluding diaryl/α,β-unsaturated/α-hetero) is 1. The summed E-state index contributed by atoms with van der Waals surface area (Å²) in [6.07, 6.45) is 7.17. The van der Waals surface area contributed by atoms with Gasteiger partial charge in [-0.15, -0.1) is 0 Å². The Balaban J connectivity index is 1.79. The lowest BCUT2D eigenvalue weighted by Crippen LogP contribution is -2.36. The molecule has 0 aliphatic heterocycles. The summed E-state index contributed by atoms with van der Waals surface area (Å²) in [6, 6.07) is 0.120. The Kier molecular flexibility index (Phi) is 5.57. The van der Waals surface area contributed by atoms with E-state index in [9.17, 15) is 19.5 Å². The van der Waals surface area contributed by atoms with Crippen LogP contribution >= 0.6 is 0 Å². The van der Waals surface area contributed by atoms with Gasteiger partial charge in [0.25, 0.3) is 0 Å². The maximum Gasteiger partial charge on any atom is 0.163 e. The number of nitrogens with one attached hydrogen (secondary N) is 1. The molecular formula is C17H21NO4. The summed E-state index contributed by atoms with van der Waals surface area (Å²) in [6.45, 7) is 2.28. The SMILES string of the molecule is CC(CC1=CCC(=O)C=C1)NCC(O)C1=CC(=O)CC(=O)C1. The maximum atomic E-state index is 11.4. The van der Waals surface area contributed by atoms with Gasteiger partial charge in [-0.2, -0.15) is 0 Å². The second-order valence-corrected chi connectivity index (χ2v) is 5.89. The van der Waals surface area contributed by atoms with E-state index in [4.69, 9.17) is 0 Å². The zero-order valence-electron chi connectivity index (χ0n) is 12.7. The molecule has 0 aromatic carbocycles. The molecule has 2 aliphatic carbocycles. The van der Waals surface area contributed by atoms with Crippen molar-refractivity contribution in [3.63, 3.8) is 0 Å². The van der Waals surface area contributed by atoms with E-state index in [1.54, 1.807) is 6.08 Å². The lowest BCUT2D eigenvalue weighted by molar-refractivity contribution is -0.125. The summed E-state index contributed by atoms with van der Waals surface area (Å²) in [5.41, 5.74) is 1.58. The first-order chi connectivity index (χ1) is 10.4. The zero-order chi connectivity index (χ0) is 16.1. The van der Waals surface area contributed by atoms with Crippen molar-refractivity contribution in [1.29, 1.82) is 0 Å². The van der Waals surface area contributed by atoms with E-state index in [0.29, 0.717) is 18.5 Å². The van der Waals surface area contributed by atoms with Gasteiger partial charge in [0.15, 0.2) is 11.6 Å². The Morgan fingerprint density at radius 2 is 1.95 bits per heavy atom. The molecule has 5 heteroatoms. The van der Waals surface area contributed by atoms with Crippen molar-refractivity contribution in [2.24, 2.45) is 0 Å². The van der Waals surface area contributed by atoms with E-state index in [0.717, 1.165) is 12.0 Å². The predicted octanol–water partition coefficient (Wildman–Crippen LogP) is 1.03. The molecule has 0 aromatic rings. The van der Waals surface area contributed by atoms with Crippen molar-refractivity contribution >= 4 is 17.3 Å². The third kappa shape index (κ3) is 4.86. The van der Waals surface area contributed by atoms with Crippen LogP contribution in [0.1, 0.15) is 32.6 Å². The van der Waals surface area contributed by atoms with Gasteiger partial charge in [-0.3, -0.25) is 14.4 Å². The minimum Gasteiger partial charge on any atom is -0.387 e. The van der Waals surface area contributed by atoms with Crippen LogP contribution in [0.25, 0.3) is 0 Å². The van der Waals surface area contributed by atoms with Gasteiger partial charge < -0.3 is 10.4 Å². The molecule has 0 heterocycles. The number of aliphatic hydroxyl groups excluding tert-OH is 1. The molecule has 0 spiro atoms. The average Bonchev–Trinajstić information content (AvgIpc) is 2.46. The molecule has 5 nitrogen and oxygen atoms in total. The molecular weight excluding hydrogens is 282 g/mol. The molecule has 0 aromatic heterocycles. The van der Waals surface area contributed by atoms with Crippen LogP contribution in [0.15, 0.2) is 35.5 Å². The van der Waals surface area contributed by atoms with Crippen LogP contribution in [-0.2, 0) is 14.4 Å². The number of hydrogen-bond donors (Lipinski definition) is 2. The first-order valence-corrected chi connectivity index (χ1v) is 7.50. The lowest BCUT2D eigenvalue weighted by atomic mass is 9.93. The second-order valence-electron chi connectivity index (χ2n) is 5.89. The highest BCUT2D eigenvalue weighted by Gasteiger charge is 2.22. The highest BCUT2D eigenvalue weighted by molar-refractivity contribution is 6.08. The van der Waals surface area contributed by atoms with Crippen molar-refractivity contribution < 1.29 is 19.5 Å². The van der Waals surface area contributed by atoms with Crippen LogP contribution in [0.3, 0.4) is 0 Å². The van der Waals surface area contributed by atoms with Gasteiger partial charge in [-0.05, 0) is 36.6 Å². The van der Waals surface area contributed by atoms with Gasteiger partial charge in [0.1, 0.15) is 5.78 Å². The first-order valence-electron chi connectivity index (χ1n) is 7.50. The third-order valence-electron chi connectivity index (χ3n) is 3.80. The fourth-order valence-electron chi connectivity index (χ4n) is 2.60. The Morgan fingerprint density at radius 1 is 1.18 bits per heavy atom. The highest BCUT2D eigenvalue weighted by Crippen LogP contribution is 2.17. The molecule has 2 N–H and O–H groups in total. The molecule has 22 heavy (non-hydrogen) atoms. The topological polar surface area (TPSA) is 83.5 Å². The number of carbonyl (C=O) groups excluding carboxylic acids is 3. The quantitative estimate of drug-likeness (QED) is 0.716. The predicted molar refractivity (Wildman–Crippen MR) is 82.3 cm³/mol. The van der Waals surface area contributed by atoms with Gasteiger partial charge in [0.2, 0.25) is 0 Å². The molecule has 0 bridgehead atoms. The maximum absolute atomic E-state index is 11.4. The summed E-state index contributed by atoms with van der Waals surface area (Å²) in [7, 11) is 0. The van der Waals surface area contributed by atoms with Crippen molar-refractivity contribution in [3.8, 4) is 0 Å². The van der Waals surface area contributed by atoms with Crippen LogP contribution in [0.2, 0.25) is 0 Å². The minimum absolute atomic E-state index is 0.0563. The number of ketones is 3. The van der Waals surface area contributed by atoms with E-state index in [2.05, 4.69) is 5.32 Å². The summed E-state index contributed by atoms with van der Waals surface area (Å²) < 4.78 is 0. The second kappa shape index (κ2) is 7.42. The standard InChI is InChI=1S/C17H21NO4/c1-11(6-12-2-4-14(19)5-3-12)18-10-17(22)13-7-15(20)9-16(21)8-13/h2-4,7,11,17-18,22H,5-6,8-10H2,1H3. The third-order valence-corrected chi connectivity index (χ3v) is 3.80. The molecule has 118 valence electrons. The average molecular weight is 303 g/mol. The summed E-state index contributed by atoms with van der Waals surface area (Å²) in [5.74, 6) is -0.268. The normalized spacial score (nSPS) is 21.5. The molecule has 0 fully saturated rings. The zero-order valence-corrected chi connectivity index (χ0v) is 12.7. The lowest BCUT2D eigenvalue weighted by Gasteiger charge is -2.21. The van der Waals surface area contributed by atoms with E-state index in [1.807, 2.05) is 19.1 Å². The van der Waals surface area contributed by atoms with Crippen LogP contribution in [0.5, 0.6) is 0 Å². The van der Waals surface area contributed by atoms with Gasteiger partial charge in [0, 0.05) is 25.4 Å². The Labute approximate surface area is 129 Å². The Bertz CT molecular complexity index is 571. The Hall–Kier alpha value is -1.85. The summed E-state index contributed by atoms with van der Waals surface area (Å²) >= 11 is 0. The molecule has 2 aliphatic rings. The first kappa shape index (κ1) is 16.5. The van der Waals surface area contributed by atoms with Crippen molar-refractivity contribution in [2.75, 3.05) is 6.54 Å². The van der Waals surface area contributed by atoms with E-state index in [1.165, 1.54) is 6.08 Å². The highest BCUT2D eigenvalue weighted by atomic mass is 16.3. The van der Waals surface area contributed by atoms with Crippen molar-refractivity contribution in [1.82, 2.24) is 5.32 Å². The molecule has 2 unspecified atom stereocenters. The minimum atomic E-state index is -0.826. The smallest absolute Gasteiger partial charge is 0.163 e. The molecule has 2 rings (SSSR count). The van der Waals surface area contributed by atoms with Crippen molar-refractivity contribution in [3.05, 3.63) is 35.5 Å². The van der Waals surface area contributed by atoms with Gasteiger partial charge in [-0.1, -0.05) is 12.2 Å². The molecule has 2 atom stereocenters. The number of aliphatic hydroxyl groups is 1. The van der Waals surface area contributed by atoms with Gasteiger partial charge in [-0.25, -0.2) is 0 Å². The summed E-state index contributed by atoms with van der Waals surface area (Å²) in [5, 5.41) is 13.3.